The molecule has 1 N–H and O–H groups in total. The van der Waals surface area contributed by atoms with Gasteiger partial charge in [0.1, 0.15) is 5.03 Å². The van der Waals surface area contributed by atoms with Crippen LogP contribution in [0.25, 0.3) is 0 Å². The third kappa shape index (κ3) is 2.54. The van der Waals surface area contributed by atoms with Crippen molar-refractivity contribution in [1.29, 1.82) is 0 Å². The maximum atomic E-state index is 11.3. The minimum atomic E-state index is -0.934. The Morgan fingerprint density at radius 3 is 2.56 bits per heavy atom. The second kappa shape index (κ2) is 5.23. The molecule has 0 atom stereocenters. The van der Waals surface area contributed by atoms with Crippen molar-refractivity contribution in [2.75, 3.05) is 0 Å². The second-order valence-corrected chi connectivity index (χ2v) is 5.01. The third-order valence-electron chi connectivity index (χ3n) is 2.64. The van der Waals surface area contributed by atoms with Crippen molar-refractivity contribution in [1.82, 2.24) is 4.98 Å². The molecule has 0 fully saturated rings. The number of aromatic carboxylic acids is 1. The van der Waals surface area contributed by atoms with Gasteiger partial charge in [-0.2, -0.15) is 0 Å². The number of carboxylic acids is 1. The Hall–Kier alpha value is -1.81. The standard InChI is InChI=1S/C14H13NO2S/c1-9-5-3-4-6-11(9)18-13-12(14(16)17)10(2)7-8-15-13/h3-8H,1-2H3,(H,16,17). The highest BCUT2D eigenvalue weighted by molar-refractivity contribution is 7.99. The number of pyridine rings is 1. The monoisotopic (exact) mass is 259 g/mol. The van der Waals surface area contributed by atoms with Crippen LogP contribution in [-0.4, -0.2) is 16.1 Å². The minimum absolute atomic E-state index is 0.283. The lowest BCUT2D eigenvalue weighted by Crippen LogP contribution is -2.03. The molecule has 0 amide bonds. The average Bonchev–Trinajstić information content (AvgIpc) is 2.31. The van der Waals surface area contributed by atoms with E-state index in [9.17, 15) is 9.90 Å². The molecule has 0 spiro atoms. The molecule has 1 aromatic heterocycles. The highest BCUT2D eigenvalue weighted by Crippen LogP contribution is 2.31. The van der Waals surface area contributed by atoms with Gasteiger partial charge in [0.2, 0.25) is 0 Å². The van der Waals surface area contributed by atoms with Crippen molar-refractivity contribution in [2.24, 2.45) is 0 Å². The Balaban J connectivity index is 2.44. The number of carboxylic acid groups (broad SMARTS) is 1. The zero-order valence-corrected chi connectivity index (χ0v) is 11.0. The van der Waals surface area contributed by atoms with Gasteiger partial charge < -0.3 is 5.11 Å². The maximum absolute atomic E-state index is 11.3. The fourth-order valence-electron chi connectivity index (χ4n) is 1.65. The van der Waals surface area contributed by atoms with Crippen LogP contribution >= 0.6 is 11.8 Å². The molecular weight excluding hydrogens is 246 g/mol. The van der Waals surface area contributed by atoms with Gasteiger partial charge in [-0.25, -0.2) is 9.78 Å². The second-order valence-electron chi connectivity index (χ2n) is 3.98. The van der Waals surface area contributed by atoms with E-state index in [1.807, 2.05) is 31.2 Å². The summed E-state index contributed by atoms with van der Waals surface area (Å²) in [5.74, 6) is -0.934. The van der Waals surface area contributed by atoms with E-state index in [1.165, 1.54) is 11.8 Å². The topological polar surface area (TPSA) is 50.2 Å². The molecule has 0 aliphatic rings. The summed E-state index contributed by atoms with van der Waals surface area (Å²) in [4.78, 5) is 16.5. The Kier molecular flexibility index (Phi) is 3.67. The Morgan fingerprint density at radius 1 is 1.17 bits per heavy atom. The lowest BCUT2D eigenvalue weighted by Gasteiger charge is -2.08. The summed E-state index contributed by atoms with van der Waals surface area (Å²) in [5, 5.41) is 9.78. The number of hydrogen-bond donors (Lipinski definition) is 1. The predicted octanol–water partition coefficient (Wildman–Crippen LogP) is 3.55. The van der Waals surface area contributed by atoms with Crippen molar-refractivity contribution in [3.8, 4) is 0 Å². The number of rotatable bonds is 3. The quantitative estimate of drug-likeness (QED) is 0.915. The number of hydrogen-bond acceptors (Lipinski definition) is 3. The van der Waals surface area contributed by atoms with Gasteiger partial charge >= 0.3 is 5.97 Å². The summed E-state index contributed by atoms with van der Waals surface area (Å²) in [7, 11) is 0. The lowest BCUT2D eigenvalue weighted by molar-refractivity contribution is 0.0691. The molecule has 0 saturated carbocycles. The van der Waals surface area contributed by atoms with E-state index in [0.717, 1.165) is 16.0 Å². The molecule has 2 rings (SSSR count). The highest BCUT2D eigenvalue weighted by atomic mass is 32.2. The summed E-state index contributed by atoms with van der Waals surface area (Å²) in [6.45, 7) is 3.78. The summed E-state index contributed by atoms with van der Waals surface area (Å²) in [5.41, 5.74) is 2.13. The first-order valence-electron chi connectivity index (χ1n) is 5.52. The van der Waals surface area contributed by atoms with Crippen molar-refractivity contribution < 1.29 is 9.90 Å². The van der Waals surface area contributed by atoms with E-state index in [2.05, 4.69) is 4.98 Å². The molecule has 4 heteroatoms. The summed E-state index contributed by atoms with van der Waals surface area (Å²) in [6.07, 6.45) is 1.64. The van der Waals surface area contributed by atoms with Crippen LogP contribution in [0.15, 0.2) is 46.5 Å². The van der Waals surface area contributed by atoms with Gasteiger partial charge in [0.05, 0.1) is 5.56 Å². The highest BCUT2D eigenvalue weighted by Gasteiger charge is 2.15. The average molecular weight is 259 g/mol. The van der Waals surface area contributed by atoms with Gasteiger partial charge in [0.25, 0.3) is 0 Å². The van der Waals surface area contributed by atoms with E-state index in [-0.39, 0.29) is 5.56 Å². The van der Waals surface area contributed by atoms with E-state index in [4.69, 9.17) is 0 Å². The molecule has 3 nitrogen and oxygen atoms in total. The smallest absolute Gasteiger partial charge is 0.338 e. The van der Waals surface area contributed by atoms with Crippen LogP contribution in [-0.2, 0) is 0 Å². The molecule has 0 unspecified atom stereocenters. The first-order chi connectivity index (χ1) is 8.59. The summed E-state index contributed by atoms with van der Waals surface area (Å²) < 4.78 is 0. The van der Waals surface area contributed by atoms with Crippen LogP contribution in [0.2, 0.25) is 0 Å². The Labute approximate surface area is 110 Å². The number of benzene rings is 1. The first-order valence-corrected chi connectivity index (χ1v) is 6.33. The van der Waals surface area contributed by atoms with E-state index in [1.54, 1.807) is 19.2 Å². The van der Waals surface area contributed by atoms with Crippen LogP contribution in [0.1, 0.15) is 21.5 Å². The van der Waals surface area contributed by atoms with Crippen molar-refractivity contribution >= 4 is 17.7 Å². The SMILES string of the molecule is Cc1ccccc1Sc1nccc(C)c1C(=O)O. The van der Waals surface area contributed by atoms with Gasteiger partial charge in [0, 0.05) is 11.1 Å². The largest absolute Gasteiger partial charge is 0.478 e. The first kappa shape index (κ1) is 12.6. The van der Waals surface area contributed by atoms with Crippen LogP contribution in [0.3, 0.4) is 0 Å². The molecule has 2 aromatic rings. The molecule has 1 aromatic carbocycles. The molecular formula is C14H13NO2S. The number of aryl methyl sites for hydroxylation is 2. The van der Waals surface area contributed by atoms with Crippen LogP contribution < -0.4 is 0 Å². The predicted molar refractivity (Wildman–Crippen MR) is 71.2 cm³/mol. The van der Waals surface area contributed by atoms with Crippen LogP contribution in [0, 0.1) is 13.8 Å². The van der Waals surface area contributed by atoms with Gasteiger partial charge in [-0.15, -0.1) is 0 Å². The maximum Gasteiger partial charge on any atom is 0.338 e. The lowest BCUT2D eigenvalue weighted by atomic mass is 10.2. The van der Waals surface area contributed by atoms with Gasteiger partial charge in [0.15, 0.2) is 0 Å². The molecule has 0 saturated heterocycles. The van der Waals surface area contributed by atoms with Crippen molar-refractivity contribution in [2.45, 2.75) is 23.8 Å². The fourth-order valence-corrected chi connectivity index (χ4v) is 2.69. The van der Waals surface area contributed by atoms with E-state index < -0.39 is 5.97 Å². The Morgan fingerprint density at radius 2 is 1.89 bits per heavy atom. The molecule has 0 aliphatic carbocycles. The zero-order chi connectivity index (χ0) is 13.1. The van der Waals surface area contributed by atoms with Gasteiger partial charge in [-0.1, -0.05) is 30.0 Å². The van der Waals surface area contributed by atoms with Gasteiger partial charge in [-0.3, -0.25) is 0 Å². The molecule has 0 aliphatic heterocycles. The summed E-state index contributed by atoms with van der Waals surface area (Å²) in [6, 6.07) is 9.58. The molecule has 18 heavy (non-hydrogen) atoms. The molecule has 92 valence electrons. The fraction of sp³-hybridized carbons (Fsp3) is 0.143. The van der Waals surface area contributed by atoms with Crippen molar-refractivity contribution in [3.63, 3.8) is 0 Å². The zero-order valence-electron chi connectivity index (χ0n) is 10.2. The molecule has 1 heterocycles. The summed E-state index contributed by atoms with van der Waals surface area (Å²) >= 11 is 1.39. The van der Waals surface area contributed by atoms with Gasteiger partial charge in [-0.05, 0) is 37.1 Å². The minimum Gasteiger partial charge on any atom is -0.478 e. The number of nitrogens with zero attached hydrogens (tertiary/aromatic N) is 1. The number of carbonyl (C=O) groups is 1. The van der Waals surface area contributed by atoms with Crippen molar-refractivity contribution in [3.05, 3.63) is 53.2 Å². The van der Waals surface area contributed by atoms with Crippen LogP contribution in [0.5, 0.6) is 0 Å². The normalized spacial score (nSPS) is 10.3. The van der Waals surface area contributed by atoms with Crippen LogP contribution in [0.4, 0.5) is 0 Å². The Bertz CT molecular complexity index is 596. The third-order valence-corrected chi connectivity index (χ3v) is 3.82. The van der Waals surface area contributed by atoms with E-state index >= 15 is 0 Å². The molecule has 0 bridgehead atoms. The molecule has 0 radical (unpaired) electrons. The van der Waals surface area contributed by atoms with E-state index in [0.29, 0.717) is 5.03 Å². The number of aromatic nitrogens is 1.